The van der Waals surface area contributed by atoms with E-state index in [0.29, 0.717) is 6.04 Å². The Morgan fingerprint density at radius 2 is 2.43 bits per heavy atom. The molecule has 1 N–H and O–H groups in total. The van der Waals surface area contributed by atoms with Gasteiger partial charge in [-0.15, -0.1) is 0 Å². The standard InChI is InChI=1S/C11H16N2S/c1-9-4-5-11(12-7-9)13-10-3-2-6-14-8-10/h4-5,7,10H,2-3,6,8H2,1H3,(H,12,13). The zero-order valence-corrected chi connectivity index (χ0v) is 9.31. The van der Waals surface area contributed by atoms with Gasteiger partial charge in [-0.3, -0.25) is 0 Å². The molecule has 1 atom stereocenters. The van der Waals surface area contributed by atoms with Gasteiger partial charge in [0.2, 0.25) is 0 Å². The molecular formula is C11H16N2S. The highest BCUT2D eigenvalue weighted by Crippen LogP contribution is 2.19. The zero-order chi connectivity index (χ0) is 9.80. The van der Waals surface area contributed by atoms with E-state index in [9.17, 15) is 0 Å². The van der Waals surface area contributed by atoms with Crippen molar-refractivity contribution in [2.75, 3.05) is 16.8 Å². The topological polar surface area (TPSA) is 24.9 Å². The van der Waals surface area contributed by atoms with Crippen LogP contribution in [0.1, 0.15) is 18.4 Å². The predicted octanol–water partition coefficient (Wildman–Crippen LogP) is 2.70. The number of anilines is 1. The van der Waals surface area contributed by atoms with Crippen molar-refractivity contribution in [2.24, 2.45) is 0 Å². The lowest BCUT2D eigenvalue weighted by molar-refractivity contribution is 0.682. The van der Waals surface area contributed by atoms with Gasteiger partial charge in [0.25, 0.3) is 0 Å². The van der Waals surface area contributed by atoms with Gasteiger partial charge in [-0.2, -0.15) is 11.8 Å². The van der Waals surface area contributed by atoms with Gasteiger partial charge < -0.3 is 5.32 Å². The molecule has 1 aromatic rings. The third-order valence-electron chi connectivity index (χ3n) is 2.42. The second kappa shape index (κ2) is 4.69. The number of pyridine rings is 1. The van der Waals surface area contributed by atoms with Crippen LogP contribution in [0.2, 0.25) is 0 Å². The predicted molar refractivity (Wildman–Crippen MR) is 62.9 cm³/mol. The van der Waals surface area contributed by atoms with E-state index in [4.69, 9.17) is 0 Å². The Bertz CT molecular complexity index is 278. The Morgan fingerprint density at radius 3 is 3.07 bits per heavy atom. The van der Waals surface area contributed by atoms with Crippen molar-refractivity contribution in [1.82, 2.24) is 4.98 Å². The quantitative estimate of drug-likeness (QED) is 0.809. The molecule has 2 nitrogen and oxygen atoms in total. The number of nitrogens with zero attached hydrogens (tertiary/aromatic N) is 1. The van der Waals surface area contributed by atoms with Crippen molar-refractivity contribution >= 4 is 17.6 Å². The monoisotopic (exact) mass is 208 g/mol. The van der Waals surface area contributed by atoms with Crippen LogP contribution < -0.4 is 5.32 Å². The molecule has 1 aliphatic rings. The lowest BCUT2D eigenvalue weighted by Crippen LogP contribution is -2.26. The minimum atomic E-state index is 0.615. The maximum absolute atomic E-state index is 4.35. The summed E-state index contributed by atoms with van der Waals surface area (Å²) < 4.78 is 0. The van der Waals surface area contributed by atoms with Crippen LogP contribution >= 0.6 is 11.8 Å². The van der Waals surface area contributed by atoms with Crippen molar-refractivity contribution in [3.05, 3.63) is 23.9 Å². The van der Waals surface area contributed by atoms with Crippen molar-refractivity contribution in [1.29, 1.82) is 0 Å². The first-order valence-corrected chi connectivity index (χ1v) is 6.27. The summed E-state index contributed by atoms with van der Waals surface area (Å²) in [5.41, 5.74) is 1.22. The first-order valence-electron chi connectivity index (χ1n) is 5.11. The fourth-order valence-electron chi connectivity index (χ4n) is 1.62. The molecule has 2 rings (SSSR count). The van der Waals surface area contributed by atoms with Crippen LogP contribution in [-0.2, 0) is 0 Å². The molecule has 0 bridgehead atoms. The Hall–Kier alpha value is -0.700. The van der Waals surface area contributed by atoms with Crippen LogP contribution in [0.3, 0.4) is 0 Å². The SMILES string of the molecule is Cc1ccc(NC2CCCSC2)nc1. The molecule has 1 saturated heterocycles. The molecule has 2 heterocycles. The Morgan fingerprint density at radius 1 is 1.50 bits per heavy atom. The molecule has 1 unspecified atom stereocenters. The summed E-state index contributed by atoms with van der Waals surface area (Å²) in [5, 5.41) is 3.48. The van der Waals surface area contributed by atoms with Crippen molar-refractivity contribution in [3.63, 3.8) is 0 Å². The number of nitrogens with one attached hydrogen (secondary N) is 1. The average molecular weight is 208 g/mol. The van der Waals surface area contributed by atoms with Crippen LogP contribution in [0, 0.1) is 6.92 Å². The normalized spacial score (nSPS) is 21.9. The van der Waals surface area contributed by atoms with E-state index in [1.165, 1.54) is 29.9 Å². The van der Waals surface area contributed by atoms with Gasteiger partial charge in [-0.05, 0) is 37.1 Å². The lowest BCUT2D eigenvalue weighted by atomic mass is 10.2. The van der Waals surface area contributed by atoms with Crippen molar-refractivity contribution < 1.29 is 0 Å². The van der Waals surface area contributed by atoms with E-state index in [1.807, 2.05) is 18.0 Å². The van der Waals surface area contributed by atoms with Crippen molar-refractivity contribution in [3.8, 4) is 0 Å². The molecule has 76 valence electrons. The van der Waals surface area contributed by atoms with Crippen LogP contribution in [0.5, 0.6) is 0 Å². The summed E-state index contributed by atoms with van der Waals surface area (Å²) in [4.78, 5) is 4.35. The van der Waals surface area contributed by atoms with Crippen LogP contribution in [0.4, 0.5) is 5.82 Å². The molecule has 3 heteroatoms. The van der Waals surface area contributed by atoms with Crippen molar-refractivity contribution in [2.45, 2.75) is 25.8 Å². The van der Waals surface area contributed by atoms with Gasteiger partial charge in [-0.25, -0.2) is 4.98 Å². The molecule has 0 aromatic carbocycles. The van der Waals surface area contributed by atoms with Crippen LogP contribution in [0.25, 0.3) is 0 Å². The molecule has 14 heavy (non-hydrogen) atoms. The highest BCUT2D eigenvalue weighted by Gasteiger charge is 2.13. The molecule has 1 aliphatic heterocycles. The first kappa shape index (κ1) is 9.84. The summed E-state index contributed by atoms with van der Waals surface area (Å²) in [7, 11) is 0. The number of thioether (sulfide) groups is 1. The summed E-state index contributed by atoms with van der Waals surface area (Å²) in [6, 6.07) is 4.78. The van der Waals surface area contributed by atoms with Gasteiger partial charge >= 0.3 is 0 Å². The number of hydrogen-bond donors (Lipinski definition) is 1. The summed E-state index contributed by atoms with van der Waals surface area (Å²) in [5.74, 6) is 3.55. The lowest BCUT2D eigenvalue weighted by Gasteiger charge is -2.22. The molecular weight excluding hydrogens is 192 g/mol. The largest absolute Gasteiger partial charge is 0.367 e. The Labute approximate surface area is 89.5 Å². The van der Waals surface area contributed by atoms with E-state index in [1.54, 1.807) is 0 Å². The minimum Gasteiger partial charge on any atom is -0.367 e. The molecule has 0 spiro atoms. The number of aryl methyl sites for hydroxylation is 1. The summed E-state index contributed by atoms with van der Waals surface area (Å²) in [6.45, 7) is 2.06. The number of hydrogen-bond acceptors (Lipinski definition) is 3. The van der Waals surface area contributed by atoms with Gasteiger partial charge in [0.05, 0.1) is 0 Å². The summed E-state index contributed by atoms with van der Waals surface area (Å²) in [6.07, 6.45) is 4.52. The average Bonchev–Trinajstić information content (AvgIpc) is 2.23. The molecule has 0 saturated carbocycles. The van der Waals surface area contributed by atoms with Gasteiger partial charge in [-0.1, -0.05) is 6.07 Å². The first-order chi connectivity index (χ1) is 6.84. The summed E-state index contributed by atoms with van der Waals surface area (Å²) >= 11 is 2.04. The van der Waals surface area contributed by atoms with E-state index in [0.717, 1.165) is 5.82 Å². The molecule has 1 fully saturated rings. The van der Waals surface area contributed by atoms with E-state index >= 15 is 0 Å². The molecule has 1 aromatic heterocycles. The number of rotatable bonds is 2. The minimum absolute atomic E-state index is 0.615. The molecule has 0 radical (unpaired) electrons. The zero-order valence-electron chi connectivity index (χ0n) is 8.49. The molecule has 0 aliphatic carbocycles. The highest BCUT2D eigenvalue weighted by molar-refractivity contribution is 7.99. The van der Waals surface area contributed by atoms with E-state index in [-0.39, 0.29) is 0 Å². The second-order valence-electron chi connectivity index (χ2n) is 3.78. The smallest absolute Gasteiger partial charge is 0.126 e. The van der Waals surface area contributed by atoms with Crippen LogP contribution in [-0.4, -0.2) is 22.5 Å². The highest BCUT2D eigenvalue weighted by atomic mass is 32.2. The van der Waals surface area contributed by atoms with Gasteiger partial charge in [0.1, 0.15) is 5.82 Å². The maximum atomic E-state index is 4.35. The third-order valence-corrected chi connectivity index (χ3v) is 3.64. The van der Waals surface area contributed by atoms with Gasteiger partial charge in [0, 0.05) is 18.0 Å². The van der Waals surface area contributed by atoms with Gasteiger partial charge in [0.15, 0.2) is 0 Å². The third kappa shape index (κ3) is 2.64. The fourth-order valence-corrected chi connectivity index (χ4v) is 2.69. The Balaban J connectivity index is 1.92. The fraction of sp³-hybridized carbons (Fsp3) is 0.545. The molecule has 0 amide bonds. The second-order valence-corrected chi connectivity index (χ2v) is 4.93. The van der Waals surface area contributed by atoms with E-state index in [2.05, 4.69) is 29.4 Å². The number of aromatic nitrogens is 1. The maximum Gasteiger partial charge on any atom is 0.126 e. The van der Waals surface area contributed by atoms with Crippen LogP contribution in [0.15, 0.2) is 18.3 Å². The van der Waals surface area contributed by atoms with E-state index < -0.39 is 0 Å². The Kier molecular flexibility index (Phi) is 3.30.